The molecule has 0 radical (unpaired) electrons. The van der Waals surface area contributed by atoms with Crippen LogP contribution in [0.2, 0.25) is 5.02 Å². The van der Waals surface area contributed by atoms with E-state index in [0.717, 1.165) is 11.0 Å². The Morgan fingerprint density at radius 3 is 2.81 bits per heavy atom. The molecular weight excluding hydrogens is 293 g/mol. The van der Waals surface area contributed by atoms with Crippen LogP contribution in [0.5, 0.6) is 0 Å². The number of rotatable bonds is 3. The summed E-state index contributed by atoms with van der Waals surface area (Å²) in [7, 11) is 0. The van der Waals surface area contributed by atoms with Gasteiger partial charge in [0.1, 0.15) is 17.7 Å². The monoisotopic (exact) mass is 305 g/mol. The van der Waals surface area contributed by atoms with E-state index in [1.807, 2.05) is 6.07 Å². The van der Waals surface area contributed by atoms with Crippen molar-refractivity contribution in [2.75, 3.05) is 5.32 Å². The molecule has 0 saturated heterocycles. The Morgan fingerprint density at radius 1 is 1.29 bits per heavy atom. The largest absolute Gasteiger partial charge is 0.385 e. The van der Waals surface area contributed by atoms with Crippen molar-refractivity contribution < 1.29 is 9.50 Å². The van der Waals surface area contributed by atoms with Crippen molar-refractivity contribution in [3.05, 3.63) is 53.1 Å². The summed E-state index contributed by atoms with van der Waals surface area (Å²) in [5.74, 6) is 0.0803. The van der Waals surface area contributed by atoms with E-state index < -0.39 is 11.9 Å². The minimum atomic E-state index is -0.664. The fraction of sp³-hybridized carbons (Fsp3) is 0.133. The predicted molar refractivity (Wildman–Crippen MR) is 81.4 cm³/mol. The lowest BCUT2D eigenvalue weighted by molar-refractivity contribution is 0.190. The molecule has 21 heavy (non-hydrogen) atoms. The number of fused-ring (bicyclic) bond motifs is 1. The number of nitrogens with zero attached hydrogens (tertiary/aromatic N) is 1. The molecule has 2 aromatic carbocycles. The van der Waals surface area contributed by atoms with E-state index in [0.29, 0.717) is 22.2 Å². The van der Waals surface area contributed by atoms with Crippen LogP contribution in [0.4, 0.5) is 15.8 Å². The summed E-state index contributed by atoms with van der Waals surface area (Å²) in [5, 5.41) is 12.9. The normalized spacial score (nSPS) is 12.6. The average molecular weight is 306 g/mol. The fourth-order valence-electron chi connectivity index (χ4n) is 2.05. The van der Waals surface area contributed by atoms with Gasteiger partial charge in [-0.2, -0.15) is 0 Å². The van der Waals surface area contributed by atoms with E-state index in [1.54, 1.807) is 31.2 Å². The SMILES string of the molecule is CC(O)c1nc2ccc(Nc3ccc(Cl)cc3F)cc2[nH]1. The van der Waals surface area contributed by atoms with Crippen LogP contribution in [0.3, 0.4) is 0 Å². The Bertz CT molecular complexity index is 801. The molecule has 0 spiro atoms. The maximum absolute atomic E-state index is 13.8. The Balaban J connectivity index is 1.93. The molecule has 0 bridgehead atoms. The molecule has 0 aliphatic rings. The molecule has 4 nitrogen and oxygen atoms in total. The van der Waals surface area contributed by atoms with E-state index in [4.69, 9.17) is 11.6 Å². The smallest absolute Gasteiger partial charge is 0.148 e. The van der Waals surface area contributed by atoms with E-state index in [-0.39, 0.29) is 0 Å². The standard InChI is InChI=1S/C15H13ClFN3O/c1-8(21)15-19-13-5-3-10(7-14(13)20-15)18-12-4-2-9(16)6-11(12)17/h2-8,18,21H,1H3,(H,19,20). The number of aromatic amines is 1. The number of benzene rings is 2. The molecule has 1 unspecified atom stereocenters. The van der Waals surface area contributed by atoms with Crippen molar-refractivity contribution in [2.45, 2.75) is 13.0 Å². The quantitative estimate of drug-likeness (QED) is 0.681. The number of hydrogen-bond acceptors (Lipinski definition) is 3. The van der Waals surface area contributed by atoms with Crippen molar-refractivity contribution in [1.29, 1.82) is 0 Å². The number of imidazole rings is 1. The summed E-state index contributed by atoms with van der Waals surface area (Å²) in [6.07, 6.45) is -0.664. The second-order valence-corrected chi connectivity index (χ2v) is 5.22. The van der Waals surface area contributed by atoms with Gasteiger partial charge >= 0.3 is 0 Å². The summed E-state index contributed by atoms with van der Waals surface area (Å²) < 4.78 is 13.8. The fourth-order valence-corrected chi connectivity index (χ4v) is 2.21. The van der Waals surface area contributed by atoms with E-state index >= 15 is 0 Å². The van der Waals surface area contributed by atoms with Crippen molar-refractivity contribution in [3.8, 4) is 0 Å². The van der Waals surface area contributed by atoms with Gasteiger partial charge in [0.2, 0.25) is 0 Å². The van der Waals surface area contributed by atoms with Crippen LogP contribution in [0.25, 0.3) is 11.0 Å². The zero-order valence-electron chi connectivity index (χ0n) is 11.2. The summed E-state index contributed by atoms with van der Waals surface area (Å²) in [5.41, 5.74) is 2.57. The molecule has 0 aliphatic heterocycles. The Hall–Kier alpha value is -2.11. The van der Waals surface area contributed by atoms with Crippen LogP contribution < -0.4 is 5.32 Å². The first-order valence-electron chi connectivity index (χ1n) is 6.43. The van der Waals surface area contributed by atoms with Crippen LogP contribution >= 0.6 is 11.6 Å². The molecule has 0 saturated carbocycles. The number of nitrogens with one attached hydrogen (secondary N) is 2. The first-order valence-corrected chi connectivity index (χ1v) is 6.80. The lowest BCUT2D eigenvalue weighted by atomic mass is 10.2. The number of aliphatic hydroxyl groups is 1. The predicted octanol–water partition coefficient (Wildman–Crippen LogP) is 4.15. The van der Waals surface area contributed by atoms with E-state index in [9.17, 15) is 9.50 Å². The number of anilines is 2. The third kappa shape index (κ3) is 2.84. The highest BCUT2D eigenvalue weighted by Gasteiger charge is 2.09. The summed E-state index contributed by atoms with van der Waals surface area (Å²) >= 11 is 5.73. The molecule has 3 rings (SSSR count). The van der Waals surface area contributed by atoms with Crippen molar-refractivity contribution in [3.63, 3.8) is 0 Å². The zero-order chi connectivity index (χ0) is 15.0. The lowest BCUT2D eigenvalue weighted by Gasteiger charge is -2.07. The number of hydrogen-bond donors (Lipinski definition) is 3. The number of aliphatic hydroxyl groups excluding tert-OH is 1. The van der Waals surface area contributed by atoms with Crippen molar-refractivity contribution in [1.82, 2.24) is 9.97 Å². The third-order valence-corrected chi connectivity index (χ3v) is 3.34. The second kappa shape index (κ2) is 5.35. The van der Waals surface area contributed by atoms with Crippen LogP contribution in [0, 0.1) is 5.82 Å². The molecule has 1 heterocycles. The van der Waals surface area contributed by atoms with Gasteiger partial charge in [-0.25, -0.2) is 9.37 Å². The summed E-state index contributed by atoms with van der Waals surface area (Å²) in [6, 6.07) is 9.85. The van der Waals surface area contributed by atoms with Crippen LogP contribution in [-0.4, -0.2) is 15.1 Å². The highest BCUT2D eigenvalue weighted by molar-refractivity contribution is 6.30. The van der Waals surface area contributed by atoms with Gasteiger partial charge in [-0.3, -0.25) is 0 Å². The zero-order valence-corrected chi connectivity index (χ0v) is 11.9. The van der Waals surface area contributed by atoms with Crippen LogP contribution in [0.1, 0.15) is 18.9 Å². The third-order valence-electron chi connectivity index (χ3n) is 3.11. The molecule has 1 aromatic heterocycles. The molecule has 0 aliphatic carbocycles. The maximum Gasteiger partial charge on any atom is 0.148 e. The molecule has 6 heteroatoms. The summed E-state index contributed by atoms with van der Waals surface area (Å²) in [6.45, 7) is 1.64. The van der Waals surface area contributed by atoms with Gasteiger partial charge in [-0.05, 0) is 43.3 Å². The van der Waals surface area contributed by atoms with Gasteiger partial charge < -0.3 is 15.4 Å². The second-order valence-electron chi connectivity index (χ2n) is 4.78. The Kier molecular flexibility index (Phi) is 3.53. The van der Waals surface area contributed by atoms with Gasteiger partial charge in [-0.1, -0.05) is 11.6 Å². The minimum Gasteiger partial charge on any atom is -0.385 e. The average Bonchev–Trinajstić information content (AvgIpc) is 2.85. The molecular formula is C15H13ClFN3O. The lowest BCUT2D eigenvalue weighted by Crippen LogP contribution is -1.93. The number of halogens is 2. The molecule has 0 amide bonds. The molecule has 3 aromatic rings. The topological polar surface area (TPSA) is 60.9 Å². The van der Waals surface area contributed by atoms with Gasteiger partial charge in [-0.15, -0.1) is 0 Å². The van der Waals surface area contributed by atoms with Crippen molar-refractivity contribution >= 4 is 34.0 Å². The van der Waals surface area contributed by atoms with Gasteiger partial charge in [0.05, 0.1) is 16.7 Å². The minimum absolute atomic E-state index is 0.342. The Morgan fingerprint density at radius 2 is 2.10 bits per heavy atom. The Labute approximate surface area is 125 Å². The van der Waals surface area contributed by atoms with E-state index in [1.165, 1.54) is 6.07 Å². The number of H-pyrrole nitrogens is 1. The van der Waals surface area contributed by atoms with Gasteiger partial charge in [0.15, 0.2) is 0 Å². The van der Waals surface area contributed by atoms with Gasteiger partial charge in [0.25, 0.3) is 0 Å². The highest BCUT2D eigenvalue weighted by atomic mass is 35.5. The van der Waals surface area contributed by atoms with Gasteiger partial charge in [0, 0.05) is 10.7 Å². The summed E-state index contributed by atoms with van der Waals surface area (Å²) in [4.78, 5) is 7.29. The molecule has 108 valence electrons. The van der Waals surface area contributed by atoms with E-state index in [2.05, 4.69) is 15.3 Å². The first-order chi connectivity index (χ1) is 10.0. The molecule has 3 N–H and O–H groups in total. The van der Waals surface area contributed by atoms with Crippen LogP contribution in [0.15, 0.2) is 36.4 Å². The molecule has 0 fully saturated rings. The molecule has 1 atom stereocenters. The van der Waals surface area contributed by atoms with Crippen molar-refractivity contribution in [2.24, 2.45) is 0 Å². The first kappa shape index (κ1) is 13.9. The number of aromatic nitrogens is 2. The highest BCUT2D eigenvalue weighted by Crippen LogP contribution is 2.25. The maximum atomic E-state index is 13.8. The van der Waals surface area contributed by atoms with Crippen LogP contribution in [-0.2, 0) is 0 Å².